The van der Waals surface area contributed by atoms with Crippen LogP contribution in [-0.2, 0) is 11.2 Å². The van der Waals surface area contributed by atoms with Gasteiger partial charge < -0.3 is 15.4 Å². The molecule has 0 fully saturated rings. The van der Waals surface area contributed by atoms with Crippen molar-refractivity contribution in [1.29, 1.82) is 0 Å². The average Bonchev–Trinajstić information content (AvgIpc) is 2.48. The highest BCUT2D eigenvalue weighted by molar-refractivity contribution is 14.0. The predicted octanol–water partition coefficient (Wildman–Crippen LogP) is 2.29. The Morgan fingerprint density at radius 2 is 1.81 bits per heavy atom. The number of halogens is 1. The van der Waals surface area contributed by atoms with Crippen molar-refractivity contribution in [2.75, 3.05) is 26.7 Å². The fourth-order valence-electron chi connectivity index (χ4n) is 1.87. The third kappa shape index (κ3) is 6.33. The number of ether oxygens (including phenoxy) is 1. The van der Waals surface area contributed by atoms with Gasteiger partial charge in [0.25, 0.3) is 0 Å². The summed E-state index contributed by atoms with van der Waals surface area (Å²) < 4.78 is 4.66. The third-order valence-electron chi connectivity index (χ3n) is 3.14. The Hall–Kier alpha value is -1.31. The van der Waals surface area contributed by atoms with Crippen molar-refractivity contribution in [3.8, 4) is 0 Å². The molecule has 118 valence electrons. The molecule has 0 bridgehead atoms. The lowest BCUT2D eigenvalue weighted by Crippen LogP contribution is -2.37. The Morgan fingerprint density at radius 3 is 2.29 bits per heavy atom. The first-order valence-electron chi connectivity index (χ1n) is 6.84. The standard InChI is InChI=1S/C15H23N3O2.HI/c1-4-18(5-2)15(16)17-11-10-12-6-8-13(9-7-12)14(19)20-3;/h6-9H,4-5,10-11H2,1-3H3,(H2,16,17);1H. The van der Waals surface area contributed by atoms with Crippen LogP contribution >= 0.6 is 24.0 Å². The predicted molar refractivity (Wildman–Crippen MR) is 96.3 cm³/mol. The summed E-state index contributed by atoms with van der Waals surface area (Å²) in [5.41, 5.74) is 7.58. The van der Waals surface area contributed by atoms with Gasteiger partial charge in [-0.05, 0) is 38.0 Å². The summed E-state index contributed by atoms with van der Waals surface area (Å²) in [6.07, 6.45) is 0.795. The molecule has 1 rings (SSSR count). The van der Waals surface area contributed by atoms with Crippen molar-refractivity contribution in [3.05, 3.63) is 35.4 Å². The van der Waals surface area contributed by atoms with Gasteiger partial charge >= 0.3 is 5.97 Å². The molecule has 0 aliphatic rings. The first kappa shape index (κ1) is 19.7. The number of esters is 1. The number of benzene rings is 1. The molecule has 0 radical (unpaired) electrons. The number of aliphatic imine (C=N–C) groups is 1. The van der Waals surface area contributed by atoms with E-state index < -0.39 is 0 Å². The van der Waals surface area contributed by atoms with Crippen LogP contribution in [0.5, 0.6) is 0 Å². The molecular formula is C15H24IN3O2. The number of carbonyl (C=O) groups is 1. The van der Waals surface area contributed by atoms with Gasteiger partial charge in [-0.15, -0.1) is 24.0 Å². The number of guanidine groups is 1. The summed E-state index contributed by atoms with van der Waals surface area (Å²) in [5.74, 6) is 0.265. The summed E-state index contributed by atoms with van der Waals surface area (Å²) in [5, 5.41) is 0. The van der Waals surface area contributed by atoms with Gasteiger partial charge in [0.15, 0.2) is 5.96 Å². The molecule has 1 aromatic rings. The molecule has 6 heteroatoms. The highest BCUT2D eigenvalue weighted by atomic mass is 127. The van der Waals surface area contributed by atoms with Crippen molar-refractivity contribution in [2.24, 2.45) is 10.7 Å². The maximum atomic E-state index is 11.3. The molecule has 0 saturated carbocycles. The Morgan fingerprint density at radius 1 is 1.24 bits per heavy atom. The van der Waals surface area contributed by atoms with Gasteiger partial charge in [0.05, 0.1) is 12.7 Å². The normalized spacial score (nSPS) is 10.7. The molecule has 5 nitrogen and oxygen atoms in total. The van der Waals surface area contributed by atoms with Gasteiger partial charge in [-0.25, -0.2) is 4.79 Å². The van der Waals surface area contributed by atoms with Crippen molar-refractivity contribution in [2.45, 2.75) is 20.3 Å². The van der Waals surface area contributed by atoms with Crippen LogP contribution in [0.25, 0.3) is 0 Å². The number of nitrogens with zero attached hydrogens (tertiary/aromatic N) is 2. The van der Waals surface area contributed by atoms with Crippen LogP contribution in [0.15, 0.2) is 29.3 Å². The van der Waals surface area contributed by atoms with Crippen LogP contribution in [0.2, 0.25) is 0 Å². The van der Waals surface area contributed by atoms with Crippen LogP contribution in [-0.4, -0.2) is 43.6 Å². The number of carbonyl (C=O) groups excluding carboxylic acids is 1. The summed E-state index contributed by atoms with van der Waals surface area (Å²) in [6, 6.07) is 7.35. The molecule has 2 N–H and O–H groups in total. The van der Waals surface area contributed by atoms with E-state index in [9.17, 15) is 4.79 Å². The lowest BCUT2D eigenvalue weighted by Gasteiger charge is -2.19. The number of methoxy groups -OCH3 is 1. The van der Waals surface area contributed by atoms with E-state index in [1.807, 2.05) is 17.0 Å². The molecule has 0 aliphatic carbocycles. The van der Waals surface area contributed by atoms with E-state index in [2.05, 4.69) is 23.6 Å². The Bertz CT molecular complexity index is 456. The maximum absolute atomic E-state index is 11.3. The molecule has 0 amide bonds. The average molecular weight is 405 g/mol. The fourth-order valence-corrected chi connectivity index (χ4v) is 1.87. The SMILES string of the molecule is CCN(CC)C(N)=NCCc1ccc(C(=O)OC)cc1.I. The quantitative estimate of drug-likeness (QED) is 0.341. The monoisotopic (exact) mass is 405 g/mol. The van der Waals surface area contributed by atoms with Crippen molar-refractivity contribution in [3.63, 3.8) is 0 Å². The van der Waals surface area contributed by atoms with Gasteiger partial charge in [-0.2, -0.15) is 0 Å². The molecule has 1 aromatic carbocycles. The first-order chi connectivity index (χ1) is 9.62. The summed E-state index contributed by atoms with van der Waals surface area (Å²) >= 11 is 0. The van der Waals surface area contributed by atoms with Gasteiger partial charge in [-0.1, -0.05) is 12.1 Å². The number of nitrogens with two attached hydrogens (primary N) is 1. The molecular weight excluding hydrogens is 381 g/mol. The van der Waals surface area contributed by atoms with Gasteiger partial charge in [-0.3, -0.25) is 4.99 Å². The smallest absolute Gasteiger partial charge is 0.337 e. The molecule has 21 heavy (non-hydrogen) atoms. The second-order valence-electron chi connectivity index (χ2n) is 4.35. The molecule has 0 unspecified atom stereocenters. The third-order valence-corrected chi connectivity index (χ3v) is 3.14. The lowest BCUT2D eigenvalue weighted by molar-refractivity contribution is 0.0600. The lowest BCUT2D eigenvalue weighted by atomic mass is 10.1. The zero-order valence-electron chi connectivity index (χ0n) is 12.8. The highest BCUT2D eigenvalue weighted by Gasteiger charge is 2.04. The van der Waals surface area contributed by atoms with Crippen LogP contribution in [0.4, 0.5) is 0 Å². The van der Waals surface area contributed by atoms with Gasteiger partial charge in [0.2, 0.25) is 0 Å². The second kappa shape index (κ2) is 10.4. The molecule has 0 atom stereocenters. The molecule has 0 aliphatic heterocycles. The van der Waals surface area contributed by atoms with Crippen LogP contribution in [0.1, 0.15) is 29.8 Å². The minimum absolute atomic E-state index is 0. The van der Waals surface area contributed by atoms with Gasteiger partial charge in [0.1, 0.15) is 0 Å². The van der Waals surface area contributed by atoms with Gasteiger partial charge in [0, 0.05) is 19.6 Å². The molecule has 0 saturated heterocycles. The Balaban J connectivity index is 0.00000400. The zero-order chi connectivity index (χ0) is 15.0. The summed E-state index contributed by atoms with van der Waals surface area (Å²) in [6.45, 7) is 6.47. The van der Waals surface area contributed by atoms with E-state index in [0.717, 1.165) is 25.1 Å². The minimum Gasteiger partial charge on any atom is -0.465 e. The fraction of sp³-hybridized carbons (Fsp3) is 0.467. The molecule has 0 heterocycles. The van der Waals surface area contributed by atoms with Crippen LogP contribution in [0, 0.1) is 0 Å². The topological polar surface area (TPSA) is 67.9 Å². The van der Waals surface area contributed by atoms with E-state index in [1.54, 1.807) is 12.1 Å². The van der Waals surface area contributed by atoms with E-state index >= 15 is 0 Å². The molecule has 0 spiro atoms. The van der Waals surface area contributed by atoms with E-state index in [1.165, 1.54) is 7.11 Å². The Kier molecular flexibility index (Phi) is 9.77. The van der Waals surface area contributed by atoms with Crippen molar-refractivity contribution in [1.82, 2.24) is 4.90 Å². The summed E-state index contributed by atoms with van der Waals surface area (Å²) in [7, 11) is 1.38. The number of hydrogen-bond acceptors (Lipinski definition) is 3. The maximum Gasteiger partial charge on any atom is 0.337 e. The zero-order valence-corrected chi connectivity index (χ0v) is 15.2. The molecule has 0 aromatic heterocycles. The van der Waals surface area contributed by atoms with E-state index in [4.69, 9.17) is 5.73 Å². The van der Waals surface area contributed by atoms with Crippen molar-refractivity contribution >= 4 is 35.9 Å². The largest absolute Gasteiger partial charge is 0.465 e. The summed E-state index contributed by atoms with van der Waals surface area (Å²) in [4.78, 5) is 17.7. The van der Waals surface area contributed by atoms with E-state index in [-0.39, 0.29) is 29.9 Å². The van der Waals surface area contributed by atoms with Crippen LogP contribution in [0.3, 0.4) is 0 Å². The number of rotatable bonds is 6. The first-order valence-corrected chi connectivity index (χ1v) is 6.84. The van der Waals surface area contributed by atoms with Crippen molar-refractivity contribution < 1.29 is 9.53 Å². The van der Waals surface area contributed by atoms with E-state index in [0.29, 0.717) is 18.1 Å². The Labute approximate surface area is 143 Å². The van der Waals surface area contributed by atoms with Crippen LogP contribution < -0.4 is 5.73 Å². The minimum atomic E-state index is -0.319. The number of hydrogen-bond donors (Lipinski definition) is 1. The highest BCUT2D eigenvalue weighted by Crippen LogP contribution is 2.06. The second-order valence-corrected chi connectivity index (χ2v) is 4.35.